The lowest BCUT2D eigenvalue weighted by molar-refractivity contribution is -0.301. The number of hydrogen-bond donors (Lipinski definition) is 2. The number of anilines is 1. The highest BCUT2D eigenvalue weighted by molar-refractivity contribution is 5.89. The van der Waals surface area contributed by atoms with E-state index in [-0.39, 0.29) is 6.54 Å². The summed E-state index contributed by atoms with van der Waals surface area (Å²) < 4.78 is 84.0. The van der Waals surface area contributed by atoms with Crippen LogP contribution in [0, 0.1) is 29.1 Å². The van der Waals surface area contributed by atoms with E-state index < -0.39 is 53.4 Å². The predicted molar refractivity (Wildman–Crippen MR) is 118 cm³/mol. The van der Waals surface area contributed by atoms with E-state index in [1.807, 2.05) is 0 Å². The molecule has 1 aromatic rings. The number of ether oxygens (including phenoxy) is 3. The number of amides is 2. The highest BCUT2D eigenvalue weighted by atomic mass is 19.2. The zero-order valence-corrected chi connectivity index (χ0v) is 20.0. The fourth-order valence-electron chi connectivity index (χ4n) is 3.18. The van der Waals surface area contributed by atoms with Crippen LogP contribution in [-0.2, 0) is 14.2 Å². The highest BCUT2D eigenvalue weighted by Crippen LogP contribution is 2.27. The molecule has 0 bridgehead atoms. The second-order valence-electron chi connectivity index (χ2n) is 7.65. The Morgan fingerprint density at radius 2 is 1.26 bits per heavy atom. The molecule has 0 aromatic heterocycles. The third kappa shape index (κ3) is 10.1. The summed E-state index contributed by atoms with van der Waals surface area (Å²) in [6, 6.07) is -1.15. The van der Waals surface area contributed by atoms with Crippen molar-refractivity contribution in [3.63, 3.8) is 0 Å². The molecule has 0 aliphatic heterocycles. The van der Waals surface area contributed by atoms with E-state index in [4.69, 9.17) is 14.2 Å². The van der Waals surface area contributed by atoms with Gasteiger partial charge < -0.3 is 24.8 Å². The number of benzene rings is 1. The Hall–Kier alpha value is -1.98. The van der Waals surface area contributed by atoms with Gasteiger partial charge in [0.05, 0.1) is 6.10 Å². The van der Waals surface area contributed by atoms with E-state index in [1.54, 1.807) is 19.2 Å². The van der Waals surface area contributed by atoms with Gasteiger partial charge in [-0.05, 0) is 20.3 Å². The highest BCUT2D eigenvalue weighted by Gasteiger charge is 2.27. The molecule has 6 nitrogen and oxygen atoms in total. The molecule has 11 heteroatoms. The molecule has 1 atom stereocenters. The average molecular weight is 499 g/mol. The van der Waals surface area contributed by atoms with Crippen molar-refractivity contribution in [3.8, 4) is 0 Å². The molecule has 0 aliphatic carbocycles. The predicted octanol–water partition coefficient (Wildman–Crippen LogP) is 6.39. The summed E-state index contributed by atoms with van der Waals surface area (Å²) >= 11 is 0. The Morgan fingerprint density at radius 3 is 1.79 bits per heavy atom. The van der Waals surface area contributed by atoms with Gasteiger partial charge >= 0.3 is 6.03 Å². The Labute approximate surface area is 197 Å². The molecule has 34 heavy (non-hydrogen) atoms. The lowest BCUT2D eigenvalue weighted by atomic mass is 10.1. The Balaban J connectivity index is 2.72. The van der Waals surface area contributed by atoms with Gasteiger partial charge in [-0.3, -0.25) is 0 Å². The van der Waals surface area contributed by atoms with E-state index in [9.17, 15) is 26.7 Å². The van der Waals surface area contributed by atoms with Gasteiger partial charge in [0.15, 0.2) is 23.3 Å². The third-order valence-corrected chi connectivity index (χ3v) is 4.98. The van der Waals surface area contributed by atoms with Crippen LogP contribution in [0.1, 0.15) is 72.1 Å². The fourth-order valence-corrected chi connectivity index (χ4v) is 3.18. The van der Waals surface area contributed by atoms with Crippen molar-refractivity contribution in [1.82, 2.24) is 5.32 Å². The maximum absolute atomic E-state index is 13.8. The minimum Gasteiger partial charge on any atom is -0.335 e. The molecule has 0 saturated heterocycles. The first-order chi connectivity index (χ1) is 16.3. The standard InChI is InChI=1S/C23H35F5N2O4/c1-4-7-8-9-10-11-12-13-15(34-23(32-5-2)33-6-3)14-29-22(31)30-21-19(27)17(25)16(24)18(26)20(21)28/h15,23H,4-14H2,1-3H3,(H2,29,30,31). The Morgan fingerprint density at radius 1 is 0.765 bits per heavy atom. The molecule has 0 spiro atoms. The second kappa shape index (κ2) is 16.6. The largest absolute Gasteiger partial charge is 0.335 e. The molecule has 2 amide bonds. The zero-order valence-electron chi connectivity index (χ0n) is 20.0. The molecule has 2 N–H and O–H groups in total. The number of hydrogen-bond acceptors (Lipinski definition) is 4. The summed E-state index contributed by atoms with van der Waals surface area (Å²) in [5.74, 6) is -10.9. The number of rotatable bonds is 17. The number of unbranched alkanes of at least 4 members (excludes halogenated alkanes) is 6. The SMILES string of the molecule is CCCCCCCCCC(CNC(=O)Nc1c(F)c(F)c(F)c(F)c1F)OC(OCC)OCC. The number of halogens is 5. The first-order valence-corrected chi connectivity index (χ1v) is 11.7. The maximum Gasteiger partial charge on any atom is 0.319 e. The molecular formula is C23H35F5N2O4. The van der Waals surface area contributed by atoms with Crippen LogP contribution < -0.4 is 10.6 Å². The number of carbonyl (C=O) groups is 1. The van der Waals surface area contributed by atoms with Crippen LogP contribution in [0.4, 0.5) is 32.4 Å². The van der Waals surface area contributed by atoms with Crippen LogP contribution in [0.2, 0.25) is 0 Å². The smallest absolute Gasteiger partial charge is 0.319 e. The first-order valence-electron chi connectivity index (χ1n) is 11.7. The van der Waals surface area contributed by atoms with Gasteiger partial charge in [-0.25, -0.2) is 26.7 Å². The van der Waals surface area contributed by atoms with Gasteiger partial charge in [0.1, 0.15) is 5.69 Å². The van der Waals surface area contributed by atoms with Crippen molar-refractivity contribution in [1.29, 1.82) is 0 Å². The van der Waals surface area contributed by atoms with Crippen LogP contribution in [0.25, 0.3) is 0 Å². The Kier molecular flexibility index (Phi) is 14.7. The minimum absolute atomic E-state index is 0.103. The van der Waals surface area contributed by atoms with Gasteiger partial charge in [0.2, 0.25) is 5.82 Å². The summed E-state index contributed by atoms with van der Waals surface area (Å²) in [6.45, 7) is 5.24. The summed E-state index contributed by atoms with van der Waals surface area (Å²) in [5.41, 5.74) is -1.43. The molecule has 1 aromatic carbocycles. The van der Waals surface area contributed by atoms with Gasteiger partial charge in [0.25, 0.3) is 6.48 Å². The van der Waals surface area contributed by atoms with Crippen molar-refractivity contribution in [3.05, 3.63) is 29.1 Å². The molecule has 1 unspecified atom stereocenters. The first kappa shape index (κ1) is 30.1. The average Bonchev–Trinajstić information content (AvgIpc) is 2.82. The molecule has 0 heterocycles. The number of carbonyl (C=O) groups excluding carboxylic acids is 1. The molecule has 0 aliphatic rings. The van der Waals surface area contributed by atoms with E-state index in [2.05, 4.69) is 12.2 Å². The van der Waals surface area contributed by atoms with Gasteiger partial charge in [0, 0.05) is 19.8 Å². The van der Waals surface area contributed by atoms with E-state index >= 15 is 0 Å². The molecule has 0 saturated carbocycles. The summed E-state index contributed by atoms with van der Waals surface area (Å²) in [7, 11) is 0. The van der Waals surface area contributed by atoms with E-state index in [1.165, 1.54) is 12.8 Å². The van der Waals surface area contributed by atoms with Crippen molar-refractivity contribution in [2.45, 2.75) is 84.7 Å². The van der Waals surface area contributed by atoms with Gasteiger partial charge in [-0.15, -0.1) is 0 Å². The summed E-state index contributed by atoms with van der Waals surface area (Å²) in [4.78, 5) is 12.1. The minimum atomic E-state index is -2.30. The molecular weight excluding hydrogens is 463 g/mol. The second-order valence-corrected chi connectivity index (χ2v) is 7.65. The summed E-state index contributed by atoms with van der Waals surface area (Å²) in [5, 5.41) is 4.02. The zero-order chi connectivity index (χ0) is 25.5. The molecule has 0 fully saturated rings. The third-order valence-electron chi connectivity index (χ3n) is 4.98. The number of urea groups is 1. The monoisotopic (exact) mass is 498 g/mol. The van der Waals surface area contributed by atoms with Crippen LogP contribution in [0.5, 0.6) is 0 Å². The Bertz CT molecular complexity index is 720. The van der Waals surface area contributed by atoms with Crippen molar-refractivity contribution >= 4 is 11.7 Å². The number of nitrogens with one attached hydrogen (secondary N) is 2. The molecule has 1 rings (SSSR count). The lowest BCUT2D eigenvalue weighted by Crippen LogP contribution is -2.39. The van der Waals surface area contributed by atoms with Crippen LogP contribution in [0.3, 0.4) is 0 Å². The van der Waals surface area contributed by atoms with Crippen molar-refractivity contribution in [2.75, 3.05) is 25.1 Å². The van der Waals surface area contributed by atoms with Gasteiger partial charge in [-0.1, -0.05) is 51.9 Å². The molecule has 0 radical (unpaired) electrons. The van der Waals surface area contributed by atoms with E-state index in [0.717, 1.165) is 32.1 Å². The van der Waals surface area contributed by atoms with Gasteiger partial charge in [-0.2, -0.15) is 0 Å². The van der Waals surface area contributed by atoms with Crippen LogP contribution >= 0.6 is 0 Å². The van der Waals surface area contributed by atoms with E-state index in [0.29, 0.717) is 19.6 Å². The maximum atomic E-state index is 13.8. The lowest BCUT2D eigenvalue weighted by Gasteiger charge is -2.24. The normalized spacial score (nSPS) is 12.3. The molecule has 196 valence electrons. The fraction of sp³-hybridized carbons (Fsp3) is 0.696. The van der Waals surface area contributed by atoms with Crippen molar-refractivity contribution in [2.24, 2.45) is 0 Å². The topological polar surface area (TPSA) is 68.8 Å². The van der Waals surface area contributed by atoms with Crippen LogP contribution in [0.15, 0.2) is 0 Å². The summed E-state index contributed by atoms with van der Waals surface area (Å²) in [6.07, 6.45) is 7.42. The van der Waals surface area contributed by atoms with Crippen LogP contribution in [-0.4, -0.2) is 38.4 Å². The quantitative estimate of drug-likeness (QED) is 0.0859. The van der Waals surface area contributed by atoms with Crippen molar-refractivity contribution < 1.29 is 41.0 Å².